The number of nitrogen functional groups attached to an aromatic ring is 1. The van der Waals surface area contributed by atoms with E-state index < -0.39 is 5.82 Å². The monoisotopic (exact) mass is 291 g/mol. The number of hydrazine groups is 1. The molecule has 1 aliphatic heterocycles. The molecule has 0 saturated carbocycles. The zero-order valence-electron chi connectivity index (χ0n) is 11.1. The van der Waals surface area contributed by atoms with E-state index in [0.29, 0.717) is 30.4 Å². The van der Waals surface area contributed by atoms with Gasteiger partial charge in [0.15, 0.2) is 23.1 Å². The highest BCUT2D eigenvalue weighted by Crippen LogP contribution is 2.33. The van der Waals surface area contributed by atoms with Crippen LogP contribution in [0.5, 0.6) is 11.5 Å². The van der Waals surface area contributed by atoms with Crippen LogP contribution in [0.1, 0.15) is 6.42 Å². The van der Waals surface area contributed by atoms with Crippen molar-refractivity contribution in [1.29, 1.82) is 0 Å². The molecule has 7 nitrogen and oxygen atoms in total. The zero-order chi connectivity index (χ0) is 14.7. The summed E-state index contributed by atoms with van der Waals surface area (Å²) in [7, 11) is 0. The maximum Gasteiger partial charge on any atom is 0.239 e. The molecule has 3 rings (SSSR count). The second-order valence-electron chi connectivity index (χ2n) is 4.37. The molecule has 4 N–H and O–H groups in total. The molecule has 0 spiro atoms. The number of rotatable bonds is 3. The standard InChI is InChI=1S/C13H14FN5O2/c14-9-7-16-13(19-15)18-12(9)17-8-2-3-10-11(6-8)21-5-1-4-20-10/h2-3,6-7H,1,4-5,15H2,(H2,16,17,18,19). The summed E-state index contributed by atoms with van der Waals surface area (Å²) in [5, 5.41) is 2.86. The first-order chi connectivity index (χ1) is 10.3. The number of nitrogens with zero attached hydrogens (tertiary/aromatic N) is 2. The number of fused-ring (bicyclic) bond motifs is 1. The lowest BCUT2D eigenvalue weighted by molar-refractivity contribution is 0.297. The minimum absolute atomic E-state index is 0.0208. The van der Waals surface area contributed by atoms with Crippen molar-refractivity contribution in [3.05, 3.63) is 30.2 Å². The van der Waals surface area contributed by atoms with Gasteiger partial charge in [-0.05, 0) is 12.1 Å². The molecule has 0 amide bonds. The fourth-order valence-corrected chi connectivity index (χ4v) is 1.90. The van der Waals surface area contributed by atoms with E-state index in [1.807, 2.05) is 0 Å². The minimum atomic E-state index is -0.582. The Bertz CT molecular complexity index is 652. The molecule has 0 atom stereocenters. The Balaban J connectivity index is 1.86. The van der Waals surface area contributed by atoms with Crippen LogP contribution >= 0.6 is 0 Å². The van der Waals surface area contributed by atoms with Gasteiger partial charge in [-0.3, -0.25) is 5.43 Å². The van der Waals surface area contributed by atoms with Gasteiger partial charge in [0.05, 0.1) is 19.4 Å². The van der Waals surface area contributed by atoms with Crippen LogP contribution < -0.4 is 26.1 Å². The topological polar surface area (TPSA) is 94.3 Å². The number of hydrogen-bond donors (Lipinski definition) is 3. The van der Waals surface area contributed by atoms with Crippen molar-refractivity contribution in [2.24, 2.45) is 5.84 Å². The number of hydrogen-bond acceptors (Lipinski definition) is 7. The highest BCUT2D eigenvalue weighted by molar-refractivity contribution is 5.62. The Morgan fingerprint density at radius 1 is 1.19 bits per heavy atom. The van der Waals surface area contributed by atoms with Crippen LogP contribution in [0.25, 0.3) is 0 Å². The smallest absolute Gasteiger partial charge is 0.239 e. The van der Waals surface area contributed by atoms with Crippen molar-refractivity contribution >= 4 is 17.5 Å². The Morgan fingerprint density at radius 3 is 2.81 bits per heavy atom. The summed E-state index contributed by atoms with van der Waals surface area (Å²) in [5.41, 5.74) is 2.89. The van der Waals surface area contributed by atoms with Gasteiger partial charge >= 0.3 is 0 Å². The Hall–Kier alpha value is -2.61. The van der Waals surface area contributed by atoms with E-state index in [1.165, 1.54) is 0 Å². The second kappa shape index (κ2) is 5.80. The summed E-state index contributed by atoms with van der Waals surface area (Å²) >= 11 is 0. The van der Waals surface area contributed by atoms with Crippen LogP contribution in [0.3, 0.4) is 0 Å². The van der Waals surface area contributed by atoms with Crippen molar-refractivity contribution in [3.8, 4) is 11.5 Å². The molecule has 0 saturated heterocycles. The third-order valence-electron chi connectivity index (χ3n) is 2.88. The summed E-state index contributed by atoms with van der Waals surface area (Å²) in [6.45, 7) is 1.20. The molecule has 21 heavy (non-hydrogen) atoms. The summed E-state index contributed by atoms with van der Waals surface area (Å²) in [6, 6.07) is 5.26. The number of aromatic nitrogens is 2. The maximum atomic E-state index is 13.7. The van der Waals surface area contributed by atoms with Crippen LogP contribution in [0.2, 0.25) is 0 Å². The first-order valence-electron chi connectivity index (χ1n) is 6.42. The van der Waals surface area contributed by atoms with Gasteiger partial charge in [-0.1, -0.05) is 0 Å². The molecule has 0 unspecified atom stereocenters. The first-order valence-corrected chi connectivity index (χ1v) is 6.42. The van der Waals surface area contributed by atoms with Gasteiger partial charge in [-0.25, -0.2) is 15.2 Å². The molecule has 1 aliphatic rings. The molecule has 110 valence electrons. The molecule has 0 radical (unpaired) electrons. The molecule has 1 aromatic carbocycles. The van der Waals surface area contributed by atoms with Gasteiger partial charge in [-0.15, -0.1) is 0 Å². The number of nitrogens with one attached hydrogen (secondary N) is 2. The molecule has 0 fully saturated rings. The van der Waals surface area contributed by atoms with Crippen molar-refractivity contribution in [3.63, 3.8) is 0 Å². The van der Waals surface area contributed by atoms with Gasteiger partial charge < -0.3 is 14.8 Å². The lowest BCUT2D eigenvalue weighted by Gasteiger charge is -2.11. The van der Waals surface area contributed by atoms with E-state index in [-0.39, 0.29) is 11.8 Å². The Morgan fingerprint density at radius 2 is 2.00 bits per heavy atom. The van der Waals surface area contributed by atoms with E-state index in [1.54, 1.807) is 18.2 Å². The molecule has 8 heteroatoms. The van der Waals surface area contributed by atoms with E-state index >= 15 is 0 Å². The number of anilines is 3. The Kier molecular flexibility index (Phi) is 3.69. The molecule has 2 aromatic rings. The highest BCUT2D eigenvalue weighted by atomic mass is 19.1. The third kappa shape index (κ3) is 2.95. The first kappa shape index (κ1) is 13.4. The van der Waals surface area contributed by atoms with Crippen molar-refractivity contribution in [2.75, 3.05) is 24.0 Å². The molecular formula is C13H14FN5O2. The van der Waals surface area contributed by atoms with Crippen molar-refractivity contribution in [2.45, 2.75) is 6.42 Å². The van der Waals surface area contributed by atoms with Gasteiger partial charge in [0.25, 0.3) is 0 Å². The summed E-state index contributed by atoms with van der Waals surface area (Å²) in [4.78, 5) is 7.59. The Labute approximate surface area is 120 Å². The fraction of sp³-hybridized carbons (Fsp3) is 0.231. The molecule has 0 aliphatic carbocycles. The van der Waals surface area contributed by atoms with Gasteiger partial charge in [0.1, 0.15) is 0 Å². The maximum absolute atomic E-state index is 13.7. The van der Waals surface area contributed by atoms with Crippen LogP contribution in [-0.2, 0) is 0 Å². The zero-order valence-corrected chi connectivity index (χ0v) is 11.1. The molecule has 2 heterocycles. The van der Waals surface area contributed by atoms with E-state index in [2.05, 4.69) is 20.7 Å². The van der Waals surface area contributed by atoms with Crippen LogP contribution in [0, 0.1) is 5.82 Å². The number of benzene rings is 1. The lowest BCUT2D eigenvalue weighted by Crippen LogP contribution is -2.12. The largest absolute Gasteiger partial charge is 0.490 e. The van der Waals surface area contributed by atoms with Crippen molar-refractivity contribution < 1.29 is 13.9 Å². The predicted octanol–water partition coefficient (Wildman–Crippen LogP) is 1.81. The van der Waals surface area contributed by atoms with Crippen molar-refractivity contribution in [1.82, 2.24) is 9.97 Å². The van der Waals surface area contributed by atoms with E-state index in [0.717, 1.165) is 12.6 Å². The fourth-order valence-electron chi connectivity index (χ4n) is 1.90. The average Bonchev–Trinajstić information content (AvgIpc) is 2.74. The molecular weight excluding hydrogens is 277 g/mol. The minimum Gasteiger partial charge on any atom is -0.490 e. The van der Waals surface area contributed by atoms with E-state index in [4.69, 9.17) is 15.3 Å². The van der Waals surface area contributed by atoms with Crippen LogP contribution in [-0.4, -0.2) is 23.2 Å². The molecule has 1 aromatic heterocycles. The van der Waals surface area contributed by atoms with Crippen LogP contribution in [0.4, 0.5) is 21.8 Å². The SMILES string of the molecule is NNc1ncc(F)c(Nc2ccc3c(c2)OCCCO3)n1. The average molecular weight is 291 g/mol. The second-order valence-corrected chi connectivity index (χ2v) is 4.37. The van der Waals surface area contributed by atoms with Gasteiger partial charge in [0.2, 0.25) is 5.95 Å². The quantitative estimate of drug-likeness (QED) is 0.586. The number of nitrogens with two attached hydrogens (primary N) is 1. The van der Waals surface area contributed by atoms with Gasteiger partial charge in [0, 0.05) is 18.2 Å². The lowest BCUT2D eigenvalue weighted by atomic mass is 10.2. The molecule has 0 bridgehead atoms. The summed E-state index contributed by atoms with van der Waals surface area (Å²) in [5.74, 6) is 6.05. The highest BCUT2D eigenvalue weighted by Gasteiger charge is 2.12. The predicted molar refractivity (Wildman–Crippen MR) is 75.1 cm³/mol. The number of ether oxygens (including phenoxy) is 2. The number of halogens is 1. The summed E-state index contributed by atoms with van der Waals surface area (Å²) in [6.07, 6.45) is 1.86. The normalized spacial score (nSPS) is 13.4. The van der Waals surface area contributed by atoms with Crippen LogP contribution in [0.15, 0.2) is 24.4 Å². The summed E-state index contributed by atoms with van der Waals surface area (Å²) < 4.78 is 24.8. The third-order valence-corrected chi connectivity index (χ3v) is 2.88. The van der Waals surface area contributed by atoms with Gasteiger partial charge in [-0.2, -0.15) is 4.98 Å². The van der Waals surface area contributed by atoms with E-state index in [9.17, 15) is 4.39 Å².